The molecule has 0 aromatic rings. The zero-order chi connectivity index (χ0) is 22.6. The average Bonchev–Trinajstić information content (AvgIpc) is 3.31. The largest absolute Gasteiger partial charge is 0.444 e. The first kappa shape index (κ1) is 23.3. The second-order valence-electron chi connectivity index (χ2n) is 9.59. The normalized spacial score (nSPS) is 25.0. The number of imide groups is 1. The molecular weight excluding hydrogens is 402 g/mol. The van der Waals surface area contributed by atoms with Crippen molar-refractivity contribution in [3.05, 3.63) is 0 Å². The van der Waals surface area contributed by atoms with Crippen LogP contribution in [-0.2, 0) is 14.3 Å². The molecule has 0 spiro atoms. The Hall–Kier alpha value is -2.36. The molecule has 3 heterocycles. The van der Waals surface area contributed by atoms with Gasteiger partial charge in [0.05, 0.1) is 6.54 Å². The molecule has 0 aliphatic carbocycles. The molecular formula is C21H35N5O5. The fraction of sp³-hybridized carbons (Fsp3) is 0.810. The van der Waals surface area contributed by atoms with Gasteiger partial charge in [-0.3, -0.25) is 19.4 Å². The zero-order valence-electron chi connectivity index (χ0n) is 18.8. The van der Waals surface area contributed by atoms with Gasteiger partial charge >= 0.3 is 12.1 Å². The van der Waals surface area contributed by atoms with Gasteiger partial charge in [-0.2, -0.15) is 0 Å². The van der Waals surface area contributed by atoms with Crippen LogP contribution in [0.4, 0.5) is 9.59 Å². The van der Waals surface area contributed by atoms with E-state index in [9.17, 15) is 19.2 Å². The van der Waals surface area contributed by atoms with E-state index in [4.69, 9.17) is 4.74 Å². The number of rotatable bonds is 6. The van der Waals surface area contributed by atoms with Crippen LogP contribution in [0.2, 0.25) is 0 Å². The highest BCUT2D eigenvalue weighted by molar-refractivity contribution is 6.01. The summed E-state index contributed by atoms with van der Waals surface area (Å²) in [6, 6.07) is -0.800. The number of carbonyl (C=O) groups is 4. The van der Waals surface area contributed by atoms with E-state index in [1.807, 2.05) is 20.8 Å². The van der Waals surface area contributed by atoms with Crippen LogP contribution in [0, 0.1) is 5.92 Å². The van der Waals surface area contributed by atoms with Crippen LogP contribution in [0.25, 0.3) is 0 Å². The van der Waals surface area contributed by atoms with E-state index in [1.165, 1.54) is 9.80 Å². The lowest BCUT2D eigenvalue weighted by Gasteiger charge is -2.34. The average molecular weight is 438 g/mol. The summed E-state index contributed by atoms with van der Waals surface area (Å²) in [5, 5.41) is 5.56. The number of hydrogen-bond donors (Lipinski definition) is 2. The van der Waals surface area contributed by atoms with Gasteiger partial charge < -0.3 is 20.3 Å². The van der Waals surface area contributed by atoms with Crippen molar-refractivity contribution in [1.82, 2.24) is 25.3 Å². The Morgan fingerprint density at radius 3 is 2.55 bits per heavy atom. The molecule has 0 aromatic heterocycles. The van der Waals surface area contributed by atoms with Gasteiger partial charge in [0.25, 0.3) is 0 Å². The maximum Gasteiger partial charge on any atom is 0.410 e. The summed E-state index contributed by atoms with van der Waals surface area (Å²) >= 11 is 0. The van der Waals surface area contributed by atoms with Gasteiger partial charge in [-0.1, -0.05) is 0 Å². The number of piperidine rings is 1. The molecule has 0 saturated carbocycles. The number of nitrogens with one attached hydrogen (secondary N) is 2. The van der Waals surface area contributed by atoms with Crippen LogP contribution in [0.15, 0.2) is 0 Å². The van der Waals surface area contributed by atoms with Gasteiger partial charge in [0, 0.05) is 32.7 Å². The van der Waals surface area contributed by atoms with Crippen LogP contribution in [-0.4, -0.2) is 96.1 Å². The van der Waals surface area contributed by atoms with Gasteiger partial charge in [0.1, 0.15) is 11.6 Å². The van der Waals surface area contributed by atoms with Gasteiger partial charge in [-0.15, -0.1) is 0 Å². The van der Waals surface area contributed by atoms with E-state index >= 15 is 0 Å². The van der Waals surface area contributed by atoms with Crippen molar-refractivity contribution >= 4 is 23.9 Å². The Morgan fingerprint density at radius 1 is 1.13 bits per heavy atom. The van der Waals surface area contributed by atoms with E-state index in [2.05, 4.69) is 15.5 Å². The fourth-order valence-electron chi connectivity index (χ4n) is 4.39. The Bertz CT molecular complexity index is 691. The maximum atomic E-state index is 12.8. The standard InChI is InChI=1S/C21H35N5O5/c1-21(2,3)31-20(30)25-9-5-7-16(25)18(28)22-12-15-6-4-8-24(14-15)10-11-26-17(27)13-23-19(26)29/h15-16H,4-14H2,1-3H3,(H,22,28)(H,23,29)/t15-,16-/m0/s1. The van der Waals surface area contributed by atoms with Crippen molar-refractivity contribution in [2.24, 2.45) is 5.92 Å². The monoisotopic (exact) mass is 437 g/mol. The summed E-state index contributed by atoms with van der Waals surface area (Å²) in [5.41, 5.74) is -0.591. The molecule has 3 rings (SSSR count). The van der Waals surface area contributed by atoms with Crippen LogP contribution in [0.5, 0.6) is 0 Å². The molecule has 3 aliphatic rings. The summed E-state index contributed by atoms with van der Waals surface area (Å²) in [6.45, 7) is 9.37. The molecule has 10 nitrogen and oxygen atoms in total. The van der Waals surface area contributed by atoms with Crippen LogP contribution < -0.4 is 10.6 Å². The van der Waals surface area contributed by atoms with E-state index in [0.29, 0.717) is 38.5 Å². The van der Waals surface area contributed by atoms with E-state index in [1.54, 1.807) is 0 Å². The van der Waals surface area contributed by atoms with Crippen molar-refractivity contribution in [2.45, 2.75) is 58.1 Å². The second-order valence-corrected chi connectivity index (χ2v) is 9.59. The van der Waals surface area contributed by atoms with Gasteiger partial charge in [-0.25, -0.2) is 9.59 Å². The first-order valence-corrected chi connectivity index (χ1v) is 11.2. The lowest BCUT2D eigenvalue weighted by molar-refractivity contribution is -0.126. The first-order chi connectivity index (χ1) is 14.6. The smallest absolute Gasteiger partial charge is 0.410 e. The number of carbonyl (C=O) groups excluding carboxylic acids is 4. The maximum absolute atomic E-state index is 12.8. The molecule has 3 fully saturated rings. The summed E-state index contributed by atoms with van der Waals surface area (Å²) in [6.07, 6.45) is 3.02. The minimum Gasteiger partial charge on any atom is -0.444 e. The topological polar surface area (TPSA) is 111 Å². The molecule has 31 heavy (non-hydrogen) atoms. The van der Waals surface area contributed by atoms with Crippen molar-refractivity contribution in [3.8, 4) is 0 Å². The third-order valence-corrected chi connectivity index (χ3v) is 5.93. The zero-order valence-corrected chi connectivity index (χ0v) is 18.8. The molecule has 0 aromatic carbocycles. The molecule has 0 bridgehead atoms. The molecule has 0 unspecified atom stereocenters. The number of likely N-dealkylation sites (tertiary alicyclic amines) is 2. The van der Waals surface area contributed by atoms with E-state index in [-0.39, 0.29) is 24.4 Å². The molecule has 10 heteroatoms. The van der Waals surface area contributed by atoms with Crippen LogP contribution in [0.1, 0.15) is 46.5 Å². The predicted octanol–water partition coefficient (Wildman–Crippen LogP) is 0.766. The molecule has 0 radical (unpaired) electrons. The summed E-state index contributed by atoms with van der Waals surface area (Å²) in [5.74, 6) is -0.00562. The minimum absolute atomic E-state index is 0.0783. The van der Waals surface area contributed by atoms with Crippen molar-refractivity contribution in [1.29, 1.82) is 0 Å². The van der Waals surface area contributed by atoms with Gasteiger partial charge in [-0.05, 0) is 58.9 Å². The Morgan fingerprint density at radius 2 is 1.87 bits per heavy atom. The van der Waals surface area contributed by atoms with Gasteiger partial charge in [0.2, 0.25) is 11.8 Å². The molecule has 3 saturated heterocycles. The molecule has 174 valence electrons. The Kier molecular flexibility index (Phi) is 7.40. The molecule has 5 amide bonds. The third kappa shape index (κ3) is 6.32. The van der Waals surface area contributed by atoms with E-state index < -0.39 is 17.7 Å². The highest BCUT2D eigenvalue weighted by atomic mass is 16.6. The lowest BCUT2D eigenvalue weighted by atomic mass is 9.98. The quantitative estimate of drug-likeness (QED) is 0.594. The predicted molar refractivity (Wildman–Crippen MR) is 113 cm³/mol. The Labute approximate surface area is 183 Å². The Balaban J connectivity index is 1.43. The molecule has 2 N–H and O–H groups in total. The second kappa shape index (κ2) is 9.84. The molecule has 2 atom stereocenters. The third-order valence-electron chi connectivity index (χ3n) is 5.93. The number of amides is 5. The fourth-order valence-corrected chi connectivity index (χ4v) is 4.39. The number of urea groups is 1. The number of ether oxygens (including phenoxy) is 1. The summed E-state index contributed by atoms with van der Waals surface area (Å²) in [4.78, 5) is 53.6. The van der Waals surface area contributed by atoms with Crippen molar-refractivity contribution < 1.29 is 23.9 Å². The SMILES string of the molecule is CC(C)(C)OC(=O)N1CCC[C@H]1C(=O)NC[C@@H]1CCCN(CCN2C(=O)CNC2=O)C1. The number of hydrogen-bond acceptors (Lipinski definition) is 6. The van der Waals surface area contributed by atoms with E-state index in [0.717, 1.165) is 32.4 Å². The molecule has 3 aliphatic heterocycles. The van der Waals surface area contributed by atoms with Crippen LogP contribution in [0.3, 0.4) is 0 Å². The first-order valence-electron chi connectivity index (χ1n) is 11.2. The minimum atomic E-state index is -0.591. The lowest BCUT2D eigenvalue weighted by Crippen LogP contribution is -2.50. The van der Waals surface area contributed by atoms with Crippen molar-refractivity contribution in [3.63, 3.8) is 0 Å². The summed E-state index contributed by atoms with van der Waals surface area (Å²) in [7, 11) is 0. The van der Waals surface area contributed by atoms with Gasteiger partial charge in [0.15, 0.2) is 0 Å². The highest BCUT2D eigenvalue weighted by Crippen LogP contribution is 2.22. The number of nitrogens with zero attached hydrogens (tertiary/aromatic N) is 3. The van der Waals surface area contributed by atoms with Crippen molar-refractivity contribution in [2.75, 3.05) is 45.8 Å². The van der Waals surface area contributed by atoms with Crippen LogP contribution >= 0.6 is 0 Å². The summed E-state index contributed by atoms with van der Waals surface area (Å²) < 4.78 is 5.44. The highest BCUT2D eigenvalue weighted by Gasteiger charge is 2.37.